The lowest BCUT2D eigenvalue weighted by Gasteiger charge is -2.35. The van der Waals surface area contributed by atoms with Gasteiger partial charge in [-0.2, -0.15) is 11.8 Å². The molecule has 20 heavy (non-hydrogen) atoms. The SMILES string of the molecule is CCS(=O)(=O)C1CSCCN1c1cc(CN)c(Cl)cn1. The highest BCUT2D eigenvalue weighted by atomic mass is 35.5. The molecule has 1 atom stereocenters. The molecule has 0 amide bonds. The van der Waals surface area contributed by atoms with Crippen molar-refractivity contribution in [1.82, 2.24) is 4.98 Å². The fraction of sp³-hybridized carbons (Fsp3) is 0.583. The molecule has 8 heteroatoms. The van der Waals surface area contributed by atoms with E-state index in [4.69, 9.17) is 17.3 Å². The topological polar surface area (TPSA) is 76.3 Å². The maximum absolute atomic E-state index is 12.2. The Labute approximate surface area is 128 Å². The molecule has 0 spiro atoms. The quantitative estimate of drug-likeness (QED) is 0.898. The zero-order chi connectivity index (χ0) is 14.8. The zero-order valence-electron chi connectivity index (χ0n) is 11.3. The van der Waals surface area contributed by atoms with Gasteiger partial charge in [0.05, 0.1) is 5.02 Å². The minimum atomic E-state index is -3.15. The van der Waals surface area contributed by atoms with E-state index in [1.165, 1.54) is 6.20 Å². The van der Waals surface area contributed by atoms with E-state index in [-0.39, 0.29) is 5.75 Å². The molecule has 0 bridgehead atoms. The average molecular weight is 336 g/mol. The Hall–Kier alpha value is -0.500. The summed E-state index contributed by atoms with van der Waals surface area (Å²) in [7, 11) is -3.15. The molecule has 2 N–H and O–H groups in total. The van der Waals surface area contributed by atoms with Crippen LogP contribution in [0.5, 0.6) is 0 Å². The van der Waals surface area contributed by atoms with Crippen molar-refractivity contribution in [3.63, 3.8) is 0 Å². The maximum atomic E-state index is 12.2. The van der Waals surface area contributed by atoms with E-state index in [1.807, 2.05) is 4.90 Å². The fourth-order valence-electron chi connectivity index (χ4n) is 2.11. The minimum absolute atomic E-state index is 0.131. The van der Waals surface area contributed by atoms with E-state index >= 15 is 0 Å². The predicted molar refractivity (Wildman–Crippen MR) is 85.1 cm³/mol. The van der Waals surface area contributed by atoms with Gasteiger partial charge in [-0.25, -0.2) is 13.4 Å². The molecule has 1 aliphatic heterocycles. The van der Waals surface area contributed by atoms with Crippen molar-refractivity contribution in [3.05, 3.63) is 22.8 Å². The molecule has 0 saturated carbocycles. The van der Waals surface area contributed by atoms with Crippen LogP contribution in [0.2, 0.25) is 5.02 Å². The van der Waals surface area contributed by atoms with Gasteiger partial charge in [0, 0.05) is 36.5 Å². The van der Waals surface area contributed by atoms with Crippen LogP contribution in [0.1, 0.15) is 12.5 Å². The molecule has 2 heterocycles. The Bertz CT molecular complexity index is 580. The molecular weight excluding hydrogens is 318 g/mol. The Morgan fingerprint density at radius 1 is 1.60 bits per heavy atom. The van der Waals surface area contributed by atoms with Crippen molar-refractivity contribution in [2.75, 3.05) is 28.7 Å². The van der Waals surface area contributed by atoms with Crippen LogP contribution in [0.15, 0.2) is 12.3 Å². The van der Waals surface area contributed by atoms with Gasteiger partial charge >= 0.3 is 0 Å². The molecule has 1 aromatic rings. The Kier molecular flexibility index (Phi) is 5.17. The summed E-state index contributed by atoms with van der Waals surface area (Å²) in [6.07, 6.45) is 1.54. The Morgan fingerprint density at radius 3 is 3.00 bits per heavy atom. The summed E-state index contributed by atoms with van der Waals surface area (Å²) in [4.78, 5) is 6.13. The molecule has 1 fully saturated rings. The van der Waals surface area contributed by atoms with Gasteiger partial charge in [-0.15, -0.1) is 0 Å². The molecule has 1 unspecified atom stereocenters. The Balaban J connectivity index is 2.38. The molecule has 0 aromatic carbocycles. The summed E-state index contributed by atoms with van der Waals surface area (Å²) in [6, 6.07) is 1.79. The van der Waals surface area contributed by atoms with Gasteiger partial charge in [0.15, 0.2) is 9.84 Å². The van der Waals surface area contributed by atoms with Gasteiger partial charge in [0.1, 0.15) is 11.2 Å². The third-order valence-electron chi connectivity index (χ3n) is 3.34. The van der Waals surface area contributed by atoms with Crippen LogP contribution in [0.3, 0.4) is 0 Å². The lowest BCUT2D eigenvalue weighted by molar-refractivity contribution is 0.579. The number of hydrogen-bond donors (Lipinski definition) is 1. The third kappa shape index (κ3) is 3.21. The zero-order valence-corrected chi connectivity index (χ0v) is 13.6. The molecule has 1 saturated heterocycles. The van der Waals surface area contributed by atoms with Crippen molar-refractivity contribution >= 4 is 39.0 Å². The minimum Gasteiger partial charge on any atom is -0.338 e. The monoisotopic (exact) mass is 335 g/mol. The summed E-state index contributed by atoms with van der Waals surface area (Å²) in [6.45, 7) is 2.64. The highest BCUT2D eigenvalue weighted by molar-refractivity contribution is 8.01. The number of rotatable bonds is 4. The lowest BCUT2D eigenvalue weighted by Crippen LogP contribution is -2.48. The van der Waals surface area contributed by atoms with Gasteiger partial charge in [-0.1, -0.05) is 18.5 Å². The first-order valence-corrected chi connectivity index (χ1v) is 9.65. The van der Waals surface area contributed by atoms with Crippen LogP contribution in [0.25, 0.3) is 0 Å². The predicted octanol–water partition coefficient (Wildman–Crippen LogP) is 1.51. The van der Waals surface area contributed by atoms with Gasteiger partial charge in [-0.05, 0) is 11.6 Å². The van der Waals surface area contributed by atoms with Crippen molar-refractivity contribution in [1.29, 1.82) is 0 Å². The summed E-state index contributed by atoms with van der Waals surface area (Å²) >= 11 is 7.66. The summed E-state index contributed by atoms with van der Waals surface area (Å²) in [5.74, 6) is 2.22. The number of pyridine rings is 1. The third-order valence-corrected chi connectivity index (χ3v) is 6.96. The normalized spacial score (nSPS) is 20.1. The highest BCUT2D eigenvalue weighted by Crippen LogP contribution is 2.28. The Morgan fingerprint density at radius 2 is 2.35 bits per heavy atom. The number of thioether (sulfide) groups is 1. The number of hydrogen-bond acceptors (Lipinski definition) is 6. The van der Waals surface area contributed by atoms with Crippen LogP contribution in [-0.2, 0) is 16.4 Å². The van der Waals surface area contributed by atoms with Crippen molar-refractivity contribution in [3.8, 4) is 0 Å². The number of aromatic nitrogens is 1. The first-order chi connectivity index (χ1) is 9.49. The van der Waals surface area contributed by atoms with Crippen molar-refractivity contribution in [2.45, 2.75) is 18.8 Å². The second kappa shape index (κ2) is 6.51. The van der Waals surface area contributed by atoms with Gasteiger partial charge in [0.25, 0.3) is 0 Å². The first kappa shape index (κ1) is 15.9. The lowest BCUT2D eigenvalue weighted by atomic mass is 10.2. The van der Waals surface area contributed by atoms with Gasteiger partial charge < -0.3 is 10.6 Å². The van der Waals surface area contributed by atoms with E-state index in [0.29, 0.717) is 29.7 Å². The number of sulfone groups is 1. The molecule has 1 aliphatic rings. The maximum Gasteiger partial charge on any atom is 0.171 e. The van der Waals surface area contributed by atoms with Crippen molar-refractivity contribution in [2.24, 2.45) is 5.73 Å². The summed E-state index contributed by atoms with van der Waals surface area (Å²) in [5.41, 5.74) is 6.42. The number of anilines is 1. The summed E-state index contributed by atoms with van der Waals surface area (Å²) < 4.78 is 24.5. The van der Waals surface area contributed by atoms with E-state index in [1.54, 1.807) is 24.8 Å². The second-order valence-corrected chi connectivity index (χ2v) is 8.52. The average Bonchev–Trinajstić information content (AvgIpc) is 2.48. The molecular formula is C12H18ClN3O2S2. The number of halogens is 1. The van der Waals surface area contributed by atoms with Crippen molar-refractivity contribution < 1.29 is 8.42 Å². The van der Waals surface area contributed by atoms with Gasteiger partial charge in [0.2, 0.25) is 0 Å². The molecule has 112 valence electrons. The standard InChI is InChI=1S/C12H18ClN3O2S2/c1-2-20(17,18)12-8-19-4-3-16(12)11-5-9(6-14)10(13)7-15-11/h5,7,12H,2-4,6,8,14H2,1H3. The first-order valence-electron chi connectivity index (χ1n) is 6.40. The molecule has 1 aromatic heterocycles. The van der Waals surface area contributed by atoms with Crippen LogP contribution < -0.4 is 10.6 Å². The van der Waals surface area contributed by atoms with E-state index in [0.717, 1.165) is 11.3 Å². The molecule has 5 nitrogen and oxygen atoms in total. The van der Waals surface area contributed by atoms with Crippen LogP contribution >= 0.6 is 23.4 Å². The van der Waals surface area contributed by atoms with Crippen LogP contribution in [0, 0.1) is 0 Å². The van der Waals surface area contributed by atoms with Crippen LogP contribution in [0.4, 0.5) is 5.82 Å². The smallest absolute Gasteiger partial charge is 0.171 e. The van der Waals surface area contributed by atoms with Gasteiger partial charge in [-0.3, -0.25) is 0 Å². The summed E-state index contributed by atoms with van der Waals surface area (Å²) in [5, 5.41) is -0.0110. The molecule has 0 aliphatic carbocycles. The van der Waals surface area contributed by atoms with E-state index in [9.17, 15) is 8.42 Å². The fourth-order valence-corrected chi connectivity index (χ4v) is 5.27. The highest BCUT2D eigenvalue weighted by Gasteiger charge is 2.33. The van der Waals surface area contributed by atoms with Crippen LogP contribution in [-0.4, -0.2) is 42.6 Å². The number of nitrogens with zero attached hydrogens (tertiary/aromatic N) is 2. The van der Waals surface area contributed by atoms with E-state index in [2.05, 4.69) is 4.98 Å². The largest absolute Gasteiger partial charge is 0.338 e. The number of nitrogens with two attached hydrogens (primary N) is 1. The second-order valence-electron chi connectivity index (χ2n) is 4.51. The molecule has 0 radical (unpaired) electrons. The molecule has 2 rings (SSSR count). The van der Waals surface area contributed by atoms with E-state index < -0.39 is 15.2 Å².